The lowest BCUT2D eigenvalue weighted by Gasteiger charge is -2.09. The number of nitrogens with one attached hydrogen (secondary N) is 1. The van der Waals surface area contributed by atoms with Crippen LogP contribution in [-0.4, -0.2) is 36.6 Å². The number of amides is 1. The molecule has 0 fully saturated rings. The molecule has 0 aliphatic rings. The van der Waals surface area contributed by atoms with E-state index in [9.17, 15) is 19.7 Å². The quantitative estimate of drug-likeness (QED) is 0.336. The number of hydrogen-bond donors (Lipinski definition) is 1. The highest BCUT2D eigenvalue weighted by Gasteiger charge is 2.19. The van der Waals surface area contributed by atoms with E-state index >= 15 is 0 Å². The van der Waals surface area contributed by atoms with Crippen molar-refractivity contribution in [3.63, 3.8) is 0 Å². The fourth-order valence-corrected chi connectivity index (χ4v) is 2.18. The summed E-state index contributed by atoms with van der Waals surface area (Å²) in [5.74, 6) is -0.589. The average Bonchev–Trinajstić information content (AvgIpc) is 2.64. The third kappa shape index (κ3) is 5.30. The molecule has 0 aliphatic heterocycles. The van der Waals surface area contributed by atoms with Crippen molar-refractivity contribution in [2.24, 2.45) is 0 Å². The van der Waals surface area contributed by atoms with Crippen LogP contribution in [0.25, 0.3) is 0 Å². The first-order chi connectivity index (χ1) is 12.5. The van der Waals surface area contributed by atoms with E-state index in [4.69, 9.17) is 9.47 Å². The first-order valence-corrected chi connectivity index (χ1v) is 7.84. The van der Waals surface area contributed by atoms with Crippen LogP contribution in [-0.2, 0) is 9.53 Å². The number of carbonyl (C=O) groups is 2. The molecule has 8 heteroatoms. The molecule has 0 aliphatic carbocycles. The minimum Gasteiger partial charge on any atom is -0.492 e. The van der Waals surface area contributed by atoms with Crippen molar-refractivity contribution in [2.75, 3.05) is 19.8 Å². The zero-order valence-electron chi connectivity index (χ0n) is 14.1. The minimum absolute atomic E-state index is 0.0550. The molecule has 0 saturated carbocycles. The summed E-state index contributed by atoms with van der Waals surface area (Å²) < 4.78 is 10.3. The van der Waals surface area contributed by atoms with E-state index in [0.29, 0.717) is 5.75 Å². The van der Waals surface area contributed by atoms with Gasteiger partial charge in [-0.3, -0.25) is 14.9 Å². The van der Waals surface area contributed by atoms with Gasteiger partial charge in [0.25, 0.3) is 11.6 Å². The normalized spacial score (nSPS) is 10.0. The van der Waals surface area contributed by atoms with E-state index in [-0.39, 0.29) is 30.0 Å². The molecule has 0 aromatic heterocycles. The number of nitro groups is 1. The Labute approximate surface area is 149 Å². The van der Waals surface area contributed by atoms with E-state index in [2.05, 4.69) is 5.32 Å². The number of para-hydroxylation sites is 1. The maximum atomic E-state index is 12.0. The summed E-state index contributed by atoms with van der Waals surface area (Å²) in [5.41, 5.74) is 0.0699. The van der Waals surface area contributed by atoms with Crippen LogP contribution in [0.1, 0.15) is 15.9 Å². The highest BCUT2D eigenvalue weighted by atomic mass is 16.6. The smallest absolute Gasteiger partial charge is 0.339 e. The van der Waals surface area contributed by atoms with E-state index in [1.165, 1.54) is 25.1 Å². The molecule has 0 unspecified atom stereocenters. The molecule has 0 heterocycles. The molecule has 136 valence electrons. The minimum atomic E-state index is -0.790. The topological polar surface area (TPSA) is 108 Å². The zero-order valence-corrected chi connectivity index (χ0v) is 14.1. The molecule has 2 aromatic rings. The Kier molecular flexibility index (Phi) is 6.67. The molecule has 26 heavy (non-hydrogen) atoms. The maximum absolute atomic E-state index is 12.0. The van der Waals surface area contributed by atoms with Gasteiger partial charge in [0.15, 0.2) is 6.61 Å². The predicted octanol–water partition coefficient (Wildman–Crippen LogP) is 2.26. The second-order valence-corrected chi connectivity index (χ2v) is 5.29. The maximum Gasteiger partial charge on any atom is 0.339 e. The van der Waals surface area contributed by atoms with Gasteiger partial charge in [-0.05, 0) is 25.1 Å². The van der Waals surface area contributed by atoms with E-state index in [0.717, 1.165) is 0 Å². The van der Waals surface area contributed by atoms with Gasteiger partial charge in [-0.15, -0.1) is 0 Å². The number of benzene rings is 2. The number of hydrogen-bond acceptors (Lipinski definition) is 6. The standard InChI is InChI=1S/C18H18N2O6/c1-13-15(8-5-9-16(13)20(23)24)18(22)26-12-17(21)19-10-11-25-14-6-3-2-4-7-14/h2-9H,10-12H2,1H3,(H,19,21). The Bertz CT molecular complexity index is 792. The van der Waals surface area contributed by atoms with Crippen LogP contribution in [0.3, 0.4) is 0 Å². The number of rotatable bonds is 8. The summed E-state index contributed by atoms with van der Waals surface area (Å²) >= 11 is 0. The van der Waals surface area contributed by atoms with Crippen LogP contribution in [0, 0.1) is 17.0 Å². The van der Waals surface area contributed by atoms with Gasteiger partial charge in [-0.25, -0.2) is 4.79 Å². The number of esters is 1. The molecule has 1 amide bonds. The lowest BCUT2D eigenvalue weighted by Crippen LogP contribution is -2.32. The van der Waals surface area contributed by atoms with Crippen LogP contribution < -0.4 is 10.1 Å². The van der Waals surface area contributed by atoms with Crippen LogP contribution in [0.4, 0.5) is 5.69 Å². The van der Waals surface area contributed by atoms with Gasteiger partial charge in [0, 0.05) is 11.6 Å². The van der Waals surface area contributed by atoms with Crippen molar-refractivity contribution in [1.82, 2.24) is 5.32 Å². The summed E-state index contributed by atoms with van der Waals surface area (Å²) in [7, 11) is 0. The second-order valence-electron chi connectivity index (χ2n) is 5.29. The molecule has 2 aromatic carbocycles. The Balaban J connectivity index is 1.76. The Morgan fingerprint density at radius 3 is 2.54 bits per heavy atom. The van der Waals surface area contributed by atoms with Gasteiger partial charge in [-0.2, -0.15) is 0 Å². The van der Waals surface area contributed by atoms with Crippen molar-refractivity contribution in [1.29, 1.82) is 0 Å². The molecule has 1 N–H and O–H groups in total. The fraction of sp³-hybridized carbons (Fsp3) is 0.222. The average molecular weight is 358 g/mol. The largest absolute Gasteiger partial charge is 0.492 e. The van der Waals surface area contributed by atoms with Gasteiger partial charge in [0.2, 0.25) is 0 Å². The Hall–Kier alpha value is -3.42. The molecule has 0 radical (unpaired) electrons. The molecule has 0 atom stereocenters. The molecular weight excluding hydrogens is 340 g/mol. The fourth-order valence-electron chi connectivity index (χ4n) is 2.18. The van der Waals surface area contributed by atoms with Crippen molar-refractivity contribution in [3.05, 3.63) is 69.8 Å². The first-order valence-electron chi connectivity index (χ1n) is 7.84. The first kappa shape index (κ1) is 18.9. The molecular formula is C18H18N2O6. The molecule has 0 bridgehead atoms. The highest BCUT2D eigenvalue weighted by Crippen LogP contribution is 2.21. The van der Waals surface area contributed by atoms with Gasteiger partial charge in [-0.1, -0.05) is 24.3 Å². The van der Waals surface area contributed by atoms with Gasteiger partial charge >= 0.3 is 5.97 Å². The molecule has 2 rings (SSSR count). The predicted molar refractivity (Wildman–Crippen MR) is 93.1 cm³/mol. The summed E-state index contributed by atoms with van der Waals surface area (Å²) in [6, 6.07) is 13.2. The summed E-state index contributed by atoms with van der Waals surface area (Å²) in [6.45, 7) is 1.50. The van der Waals surface area contributed by atoms with Crippen LogP contribution in [0.5, 0.6) is 5.75 Å². The van der Waals surface area contributed by atoms with E-state index < -0.39 is 23.4 Å². The molecule has 0 spiro atoms. The SMILES string of the molecule is Cc1c(C(=O)OCC(=O)NCCOc2ccccc2)cccc1[N+](=O)[O-]. The molecule has 0 saturated heterocycles. The lowest BCUT2D eigenvalue weighted by atomic mass is 10.1. The summed E-state index contributed by atoms with van der Waals surface area (Å²) in [6.07, 6.45) is 0. The monoisotopic (exact) mass is 358 g/mol. The van der Waals surface area contributed by atoms with Crippen molar-refractivity contribution >= 4 is 17.6 Å². The third-order valence-electron chi connectivity index (χ3n) is 3.49. The zero-order chi connectivity index (χ0) is 18.9. The number of nitro benzene ring substituents is 1. The third-order valence-corrected chi connectivity index (χ3v) is 3.49. The van der Waals surface area contributed by atoms with Gasteiger partial charge < -0.3 is 14.8 Å². The highest BCUT2D eigenvalue weighted by molar-refractivity contribution is 5.93. The van der Waals surface area contributed by atoms with Crippen molar-refractivity contribution in [3.8, 4) is 5.75 Å². The lowest BCUT2D eigenvalue weighted by molar-refractivity contribution is -0.385. The van der Waals surface area contributed by atoms with Crippen LogP contribution in [0.2, 0.25) is 0 Å². The van der Waals surface area contributed by atoms with Crippen molar-refractivity contribution in [2.45, 2.75) is 6.92 Å². The molecule has 8 nitrogen and oxygen atoms in total. The van der Waals surface area contributed by atoms with Gasteiger partial charge in [0.05, 0.1) is 17.0 Å². The van der Waals surface area contributed by atoms with E-state index in [1.807, 2.05) is 18.2 Å². The Morgan fingerprint density at radius 1 is 1.12 bits per heavy atom. The summed E-state index contributed by atoms with van der Waals surface area (Å²) in [5, 5.41) is 13.4. The Morgan fingerprint density at radius 2 is 1.85 bits per heavy atom. The number of carbonyl (C=O) groups excluding carboxylic acids is 2. The number of ether oxygens (including phenoxy) is 2. The second kappa shape index (κ2) is 9.16. The van der Waals surface area contributed by atoms with Gasteiger partial charge in [0.1, 0.15) is 12.4 Å². The van der Waals surface area contributed by atoms with Crippen molar-refractivity contribution < 1.29 is 24.0 Å². The summed E-state index contributed by atoms with van der Waals surface area (Å²) in [4.78, 5) is 34.0. The van der Waals surface area contributed by atoms with Crippen LogP contribution in [0.15, 0.2) is 48.5 Å². The van der Waals surface area contributed by atoms with E-state index in [1.54, 1.807) is 12.1 Å². The van der Waals surface area contributed by atoms with Crippen LogP contribution >= 0.6 is 0 Å². The number of nitrogens with zero attached hydrogens (tertiary/aromatic N) is 1.